The standard InChI is InChI=1S/C29H33BrN6O5/c1-40-25-17-22-21(28(33-18-32-22)34-20-8-5-7-19(30)15-20)16-23(25)35-27(38)11-10-26(37)31-12-6-14-36-13-4-3-9-24(36)29(39)41-2/h5,7-8,10-11,15-18,24H,3-4,6,9,12-14H2,1-2H3,(H,31,37)(H,35,38)(H,32,33,34). The molecule has 2 amide bonds. The molecule has 1 aliphatic rings. The molecule has 0 spiro atoms. The van der Waals surface area contributed by atoms with Gasteiger partial charge in [0.1, 0.15) is 23.9 Å². The number of methoxy groups -OCH3 is 2. The molecule has 1 aromatic heterocycles. The van der Waals surface area contributed by atoms with Crippen LogP contribution in [0.1, 0.15) is 25.7 Å². The summed E-state index contributed by atoms with van der Waals surface area (Å²) in [5.74, 6) is -0.120. The van der Waals surface area contributed by atoms with Crippen LogP contribution in [0.4, 0.5) is 17.2 Å². The van der Waals surface area contributed by atoms with E-state index in [4.69, 9.17) is 9.47 Å². The smallest absolute Gasteiger partial charge is 0.323 e. The fraction of sp³-hybridized carbons (Fsp3) is 0.345. The van der Waals surface area contributed by atoms with E-state index >= 15 is 0 Å². The van der Waals surface area contributed by atoms with Gasteiger partial charge < -0.3 is 25.4 Å². The number of anilines is 3. The third-order valence-electron chi connectivity index (χ3n) is 6.70. The quantitative estimate of drug-likeness (QED) is 0.163. The van der Waals surface area contributed by atoms with Gasteiger partial charge >= 0.3 is 5.97 Å². The minimum Gasteiger partial charge on any atom is -0.494 e. The zero-order chi connectivity index (χ0) is 29.2. The Balaban J connectivity index is 1.34. The zero-order valence-electron chi connectivity index (χ0n) is 23.0. The lowest BCUT2D eigenvalue weighted by molar-refractivity contribution is -0.148. The number of likely N-dealkylation sites (tertiary alicyclic amines) is 1. The summed E-state index contributed by atoms with van der Waals surface area (Å²) in [6.07, 6.45) is 7.30. The summed E-state index contributed by atoms with van der Waals surface area (Å²) in [6.45, 7) is 1.93. The second-order valence-electron chi connectivity index (χ2n) is 9.47. The number of halogens is 1. The third kappa shape index (κ3) is 8.24. The number of benzene rings is 2. The highest BCUT2D eigenvalue weighted by atomic mass is 79.9. The molecule has 11 nitrogen and oxygen atoms in total. The van der Waals surface area contributed by atoms with Crippen molar-refractivity contribution in [2.24, 2.45) is 0 Å². The summed E-state index contributed by atoms with van der Waals surface area (Å²) in [7, 11) is 2.90. The number of piperidine rings is 1. The van der Waals surface area contributed by atoms with Crippen molar-refractivity contribution in [1.82, 2.24) is 20.2 Å². The fourth-order valence-electron chi connectivity index (χ4n) is 4.69. The third-order valence-corrected chi connectivity index (χ3v) is 7.19. The monoisotopic (exact) mass is 624 g/mol. The maximum absolute atomic E-state index is 12.7. The van der Waals surface area contributed by atoms with Crippen LogP contribution in [0.3, 0.4) is 0 Å². The lowest BCUT2D eigenvalue weighted by Gasteiger charge is -2.33. The molecule has 1 atom stereocenters. The highest BCUT2D eigenvalue weighted by molar-refractivity contribution is 9.10. The molecule has 2 aromatic carbocycles. The van der Waals surface area contributed by atoms with Crippen molar-refractivity contribution in [2.75, 3.05) is 44.5 Å². The average molecular weight is 626 g/mol. The van der Waals surface area contributed by atoms with Crippen LogP contribution in [0.5, 0.6) is 5.75 Å². The number of amides is 2. The topological polar surface area (TPSA) is 135 Å². The van der Waals surface area contributed by atoms with Crippen LogP contribution >= 0.6 is 15.9 Å². The fourth-order valence-corrected chi connectivity index (χ4v) is 5.09. The number of esters is 1. The first-order valence-corrected chi connectivity index (χ1v) is 14.1. The van der Waals surface area contributed by atoms with Crippen LogP contribution in [0.2, 0.25) is 0 Å². The Morgan fingerprint density at radius 2 is 1.93 bits per heavy atom. The van der Waals surface area contributed by atoms with Gasteiger partial charge in [-0.3, -0.25) is 19.3 Å². The Kier molecular flexibility index (Phi) is 10.6. The number of hydrogen-bond acceptors (Lipinski definition) is 9. The molecule has 3 aromatic rings. The highest BCUT2D eigenvalue weighted by Gasteiger charge is 2.28. The predicted molar refractivity (Wildman–Crippen MR) is 160 cm³/mol. The maximum Gasteiger partial charge on any atom is 0.323 e. The first kappa shape index (κ1) is 29.9. The number of ether oxygens (including phenoxy) is 2. The first-order valence-electron chi connectivity index (χ1n) is 13.3. The second-order valence-corrected chi connectivity index (χ2v) is 10.4. The molecule has 0 aliphatic carbocycles. The molecule has 0 saturated carbocycles. The maximum atomic E-state index is 12.7. The van der Waals surface area contributed by atoms with Gasteiger partial charge in [-0.15, -0.1) is 0 Å². The lowest BCUT2D eigenvalue weighted by atomic mass is 10.0. The lowest BCUT2D eigenvalue weighted by Crippen LogP contribution is -2.46. The summed E-state index contributed by atoms with van der Waals surface area (Å²) in [6, 6.07) is 10.9. The molecule has 2 heterocycles. The van der Waals surface area contributed by atoms with Crippen molar-refractivity contribution in [2.45, 2.75) is 31.7 Å². The summed E-state index contributed by atoms with van der Waals surface area (Å²) < 4.78 is 11.3. The van der Waals surface area contributed by atoms with E-state index in [1.165, 1.54) is 32.7 Å². The van der Waals surface area contributed by atoms with Gasteiger partial charge in [0, 0.05) is 46.9 Å². The normalized spacial score (nSPS) is 15.4. The van der Waals surface area contributed by atoms with E-state index in [0.717, 1.165) is 36.0 Å². The molecule has 1 unspecified atom stereocenters. The highest BCUT2D eigenvalue weighted by Crippen LogP contribution is 2.33. The Morgan fingerprint density at radius 3 is 2.71 bits per heavy atom. The molecule has 4 rings (SSSR count). The minimum absolute atomic E-state index is 0.213. The largest absolute Gasteiger partial charge is 0.494 e. The van der Waals surface area contributed by atoms with Crippen molar-refractivity contribution in [3.05, 3.63) is 59.4 Å². The minimum atomic E-state index is -0.495. The van der Waals surface area contributed by atoms with Gasteiger partial charge in [-0.1, -0.05) is 28.4 Å². The SMILES string of the molecule is COC(=O)C1CCCCN1CCCNC(=O)C=CC(=O)Nc1cc2c(Nc3cccc(Br)c3)ncnc2cc1OC. The number of rotatable bonds is 11. The Labute approximate surface area is 246 Å². The van der Waals surface area contributed by atoms with E-state index in [0.29, 0.717) is 47.7 Å². The molecular weight excluding hydrogens is 592 g/mol. The Hall–Kier alpha value is -4.03. The predicted octanol–water partition coefficient (Wildman–Crippen LogP) is 4.17. The van der Waals surface area contributed by atoms with E-state index in [-0.39, 0.29) is 17.9 Å². The molecule has 0 bridgehead atoms. The van der Waals surface area contributed by atoms with Gasteiger partial charge in [-0.05, 0) is 50.1 Å². The number of nitrogens with zero attached hydrogens (tertiary/aromatic N) is 3. The van der Waals surface area contributed by atoms with Gasteiger partial charge in [0.05, 0.1) is 25.4 Å². The summed E-state index contributed by atoms with van der Waals surface area (Å²) in [4.78, 5) is 47.8. The number of hydrogen-bond donors (Lipinski definition) is 3. The summed E-state index contributed by atoms with van der Waals surface area (Å²) >= 11 is 3.46. The number of aromatic nitrogens is 2. The number of fused-ring (bicyclic) bond motifs is 1. The summed E-state index contributed by atoms with van der Waals surface area (Å²) in [5.41, 5.74) is 1.86. The van der Waals surface area contributed by atoms with Crippen LogP contribution in [-0.2, 0) is 19.1 Å². The molecule has 3 N–H and O–H groups in total. The van der Waals surface area contributed by atoms with E-state index in [1.807, 2.05) is 24.3 Å². The van der Waals surface area contributed by atoms with Crippen LogP contribution in [-0.4, -0.2) is 72.5 Å². The molecule has 1 aliphatic heterocycles. The van der Waals surface area contributed by atoms with Crippen molar-refractivity contribution in [3.63, 3.8) is 0 Å². The molecule has 1 saturated heterocycles. The van der Waals surface area contributed by atoms with E-state index in [1.54, 1.807) is 12.1 Å². The second kappa shape index (κ2) is 14.6. The molecular formula is C29H33BrN6O5. The number of carbonyl (C=O) groups is 3. The Bertz CT molecular complexity index is 1430. The van der Waals surface area contributed by atoms with Crippen LogP contribution in [0.15, 0.2) is 59.4 Å². The van der Waals surface area contributed by atoms with Gasteiger partial charge in [0.15, 0.2) is 0 Å². The number of nitrogens with one attached hydrogen (secondary N) is 3. The van der Waals surface area contributed by atoms with Gasteiger partial charge in [0.25, 0.3) is 0 Å². The van der Waals surface area contributed by atoms with Gasteiger partial charge in [-0.25, -0.2) is 9.97 Å². The van der Waals surface area contributed by atoms with Crippen molar-refractivity contribution < 1.29 is 23.9 Å². The molecule has 12 heteroatoms. The average Bonchev–Trinajstić information content (AvgIpc) is 2.98. The van der Waals surface area contributed by atoms with Crippen molar-refractivity contribution in [3.8, 4) is 5.75 Å². The van der Waals surface area contributed by atoms with Crippen molar-refractivity contribution >= 4 is 61.8 Å². The van der Waals surface area contributed by atoms with E-state index in [2.05, 4.69) is 46.7 Å². The van der Waals surface area contributed by atoms with Gasteiger partial charge in [0.2, 0.25) is 11.8 Å². The Morgan fingerprint density at radius 1 is 1.10 bits per heavy atom. The van der Waals surface area contributed by atoms with E-state index in [9.17, 15) is 14.4 Å². The van der Waals surface area contributed by atoms with Crippen molar-refractivity contribution in [1.29, 1.82) is 0 Å². The van der Waals surface area contributed by atoms with Gasteiger partial charge in [-0.2, -0.15) is 0 Å². The zero-order valence-corrected chi connectivity index (χ0v) is 24.6. The van der Waals surface area contributed by atoms with Crippen LogP contribution in [0.25, 0.3) is 10.9 Å². The molecule has 1 fully saturated rings. The number of carbonyl (C=O) groups excluding carboxylic acids is 3. The molecule has 0 radical (unpaired) electrons. The molecule has 41 heavy (non-hydrogen) atoms. The van der Waals surface area contributed by atoms with Crippen LogP contribution < -0.4 is 20.7 Å². The summed E-state index contributed by atoms with van der Waals surface area (Å²) in [5, 5.41) is 9.50. The first-order chi connectivity index (χ1) is 19.9. The van der Waals surface area contributed by atoms with Crippen LogP contribution in [0, 0.1) is 0 Å². The van der Waals surface area contributed by atoms with E-state index < -0.39 is 5.91 Å². The molecule has 216 valence electrons.